The number of anilines is 1. The summed E-state index contributed by atoms with van der Waals surface area (Å²) in [5.74, 6) is 1.17. The lowest BCUT2D eigenvalue weighted by Crippen LogP contribution is -3.14. The van der Waals surface area contributed by atoms with E-state index in [2.05, 4.69) is 5.32 Å². The minimum Gasteiger partial charge on any atom is -0.466 e. The molecule has 3 rings (SSSR count). The van der Waals surface area contributed by atoms with Crippen LogP contribution in [0.5, 0.6) is 11.5 Å². The van der Waals surface area contributed by atoms with Gasteiger partial charge >= 0.3 is 5.97 Å². The van der Waals surface area contributed by atoms with Gasteiger partial charge in [0, 0.05) is 5.69 Å². The Morgan fingerprint density at radius 3 is 2.50 bits per heavy atom. The van der Waals surface area contributed by atoms with Crippen LogP contribution in [-0.2, 0) is 14.3 Å². The zero-order chi connectivity index (χ0) is 19.8. The average Bonchev–Trinajstić information content (AvgIpc) is 2.70. The molecule has 1 aliphatic heterocycles. The van der Waals surface area contributed by atoms with Crippen molar-refractivity contribution >= 4 is 17.6 Å². The van der Waals surface area contributed by atoms with E-state index in [9.17, 15) is 9.59 Å². The van der Waals surface area contributed by atoms with E-state index in [1.54, 1.807) is 0 Å². The molecular formula is C22H27N2O4+. The van der Waals surface area contributed by atoms with E-state index in [1.807, 2.05) is 61.5 Å². The lowest BCUT2D eigenvalue weighted by molar-refractivity contribution is -0.899. The normalized spacial score (nSPS) is 18.9. The van der Waals surface area contributed by atoms with E-state index in [-0.39, 0.29) is 17.8 Å². The summed E-state index contributed by atoms with van der Waals surface area (Å²) in [5.41, 5.74) is 0.726. The summed E-state index contributed by atoms with van der Waals surface area (Å²) in [6.45, 7) is 4.10. The van der Waals surface area contributed by atoms with Crippen molar-refractivity contribution < 1.29 is 24.0 Å². The van der Waals surface area contributed by atoms with Crippen LogP contribution in [0.3, 0.4) is 0 Å². The highest BCUT2D eigenvalue weighted by Gasteiger charge is 2.30. The van der Waals surface area contributed by atoms with Gasteiger partial charge < -0.3 is 19.7 Å². The summed E-state index contributed by atoms with van der Waals surface area (Å²) in [6, 6.07) is 16.8. The van der Waals surface area contributed by atoms with E-state index in [4.69, 9.17) is 9.47 Å². The number of quaternary nitrogens is 1. The third-order valence-electron chi connectivity index (χ3n) is 4.77. The van der Waals surface area contributed by atoms with Crippen molar-refractivity contribution in [1.29, 1.82) is 0 Å². The second-order valence-electron chi connectivity index (χ2n) is 6.96. The van der Waals surface area contributed by atoms with Crippen LogP contribution in [-0.4, -0.2) is 38.1 Å². The van der Waals surface area contributed by atoms with Gasteiger partial charge in [-0.25, -0.2) is 0 Å². The number of hydrogen-bond donors (Lipinski definition) is 2. The molecule has 28 heavy (non-hydrogen) atoms. The number of nitrogens with one attached hydrogen (secondary N) is 2. The standard InChI is InChI=1S/C22H26N2O4/c1-2-27-22(26)17-7-6-14-24(15-17)16-21(25)23-18-10-12-20(13-11-18)28-19-8-4-3-5-9-19/h3-5,8-13,17H,2,6-7,14-16H2,1H3,(H,23,25)/p+1/t17-/m0/s1. The molecular weight excluding hydrogens is 356 g/mol. The maximum absolute atomic E-state index is 12.4. The molecule has 1 heterocycles. The number of likely N-dealkylation sites (tertiary alicyclic amines) is 1. The van der Waals surface area contributed by atoms with E-state index in [0.717, 1.165) is 35.7 Å². The minimum atomic E-state index is -0.144. The summed E-state index contributed by atoms with van der Waals surface area (Å²) in [4.78, 5) is 25.4. The fourth-order valence-corrected chi connectivity index (χ4v) is 3.44. The number of ether oxygens (including phenoxy) is 2. The van der Waals surface area contributed by atoms with E-state index in [0.29, 0.717) is 25.4 Å². The summed E-state index contributed by atoms with van der Waals surface area (Å²) in [6.07, 6.45) is 1.77. The van der Waals surface area contributed by atoms with Gasteiger partial charge in [-0.3, -0.25) is 9.59 Å². The Hall–Kier alpha value is -2.86. The molecule has 2 aromatic carbocycles. The first-order valence-corrected chi connectivity index (χ1v) is 9.77. The zero-order valence-electron chi connectivity index (χ0n) is 16.1. The van der Waals surface area contributed by atoms with Crippen LogP contribution < -0.4 is 15.0 Å². The lowest BCUT2D eigenvalue weighted by atomic mass is 9.98. The van der Waals surface area contributed by atoms with Gasteiger partial charge in [-0.05, 0) is 56.2 Å². The van der Waals surface area contributed by atoms with Crippen LogP contribution in [0, 0.1) is 5.92 Å². The monoisotopic (exact) mass is 383 g/mol. The molecule has 1 saturated heterocycles. The zero-order valence-corrected chi connectivity index (χ0v) is 16.1. The Morgan fingerprint density at radius 1 is 1.07 bits per heavy atom. The van der Waals surface area contributed by atoms with E-state index < -0.39 is 0 Å². The fourth-order valence-electron chi connectivity index (χ4n) is 3.44. The predicted molar refractivity (Wildman–Crippen MR) is 107 cm³/mol. The quantitative estimate of drug-likeness (QED) is 0.720. The van der Waals surface area contributed by atoms with Crippen molar-refractivity contribution in [2.24, 2.45) is 5.92 Å². The summed E-state index contributed by atoms with van der Waals surface area (Å²) >= 11 is 0. The summed E-state index contributed by atoms with van der Waals surface area (Å²) in [7, 11) is 0. The highest BCUT2D eigenvalue weighted by molar-refractivity contribution is 5.91. The largest absolute Gasteiger partial charge is 0.466 e. The van der Waals surface area contributed by atoms with Gasteiger partial charge in [0.25, 0.3) is 5.91 Å². The Labute approximate surface area is 165 Å². The highest BCUT2D eigenvalue weighted by atomic mass is 16.5. The SMILES string of the molecule is CCOC(=O)[C@H]1CCC[NH+](CC(=O)Nc2ccc(Oc3ccccc3)cc2)C1. The van der Waals surface area contributed by atoms with Crippen molar-refractivity contribution in [3.63, 3.8) is 0 Å². The molecule has 1 aliphatic rings. The van der Waals surface area contributed by atoms with Gasteiger partial charge in [-0.15, -0.1) is 0 Å². The molecule has 6 nitrogen and oxygen atoms in total. The Kier molecular flexibility index (Phi) is 7.03. The average molecular weight is 383 g/mol. The molecule has 1 unspecified atom stereocenters. The van der Waals surface area contributed by atoms with Crippen LogP contribution in [0.1, 0.15) is 19.8 Å². The molecule has 0 aromatic heterocycles. The number of carbonyl (C=O) groups excluding carboxylic acids is 2. The molecule has 1 amide bonds. The third-order valence-corrected chi connectivity index (χ3v) is 4.77. The van der Waals surface area contributed by atoms with Gasteiger partial charge in [-0.2, -0.15) is 0 Å². The summed E-state index contributed by atoms with van der Waals surface area (Å²) in [5, 5.41) is 2.92. The minimum absolute atomic E-state index is 0.0590. The van der Waals surface area contributed by atoms with E-state index in [1.165, 1.54) is 0 Å². The third kappa shape index (κ3) is 5.82. The second-order valence-corrected chi connectivity index (χ2v) is 6.96. The number of carbonyl (C=O) groups is 2. The van der Waals surface area contributed by atoms with Gasteiger partial charge in [0.2, 0.25) is 0 Å². The van der Waals surface area contributed by atoms with Crippen LogP contribution >= 0.6 is 0 Å². The molecule has 2 aromatic rings. The first kappa shape index (κ1) is 19.9. The lowest BCUT2D eigenvalue weighted by Gasteiger charge is -2.28. The van der Waals surface area contributed by atoms with Crippen molar-refractivity contribution in [2.75, 3.05) is 31.6 Å². The van der Waals surface area contributed by atoms with Crippen molar-refractivity contribution in [3.8, 4) is 11.5 Å². The number of rotatable bonds is 7. The topological polar surface area (TPSA) is 69.1 Å². The number of benzene rings is 2. The second kappa shape index (κ2) is 9.90. The first-order valence-electron chi connectivity index (χ1n) is 9.77. The molecule has 2 atom stereocenters. The summed E-state index contributed by atoms with van der Waals surface area (Å²) < 4.78 is 10.9. The molecule has 2 N–H and O–H groups in total. The highest BCUT2D eigenvalue weighted by Crippen LogP contribution is 2.22. The Balaban J connectivity index is 1.48. The van der Waals surface area contributed by atoms with Crippen molar-refractivity contribution in [2.45, 2.75) is 19.8 Å². The molecule has 0 saturated carbocycles. The molecule has 6 heteroatoms. The van der Waals surface area contributed by atoms with Crippen LogP contribution in [0.15, 0.2) is 54.6 Å². The van der Waals surface area contributed by atoms with Gasteiger partial charge in [-0.1, -0.05) is 18.2 Å². The molecule has 148 valence electrons. The number of para-hydroxylation sites is 1. The van der Waals surface area contributed by atoms with Crippen molar-refractivity contribution in [1.82, 2.24) is 0 Å². The fraction of sp³-hybridized carbons (Fsp3) is 0.364. The maximum Gasteiger partial charge on any atom is 0.314 e. The number of hydrogen-bond acceptors (Lipinski definition) is 4. The van der Waals surface area contributed by atoms with Gasteiger partial charge in [0.1, 0.15) is 17.4 Å². The molecule has 0 spiro atoms. The molecule has 1 fully saturated rings. The van der Waals surface area contributed by atoms with Crippen LogP contribution in [0.25, 0.3) is 0 Å². The smallest absolute Gasteiger partial charge is 0.314 e. The van der Waals surface area contributed by atoms with Crippen LogP contribution in [0.2, 0.25) is 0 Å². The molecule has 0 bridgehead atoms. The number of amides is 1. The Bertz CT molecular complexity index is 777. The van der Waals surface area contributed by atoms with Crippen molar-refractivity contribution in [3.05, 3.63) is 54.6 Å². The van der Waals surface area contributed by atoms with E-state index >= 15 is 0 Å². The number of piperidine rings is 1. The Morgan fingerprint density at radius 2 is 1.79 bits per heavy atom. The van der Waals surface area contributed by atoms with Gasteiger partial charge in [0.05, 0.1) is 19.7 Å². The number of esters is 1. The molecule has 0 aliphatic carbocycles. The van der Waals surface area contributed by atoms with Crippen LogP contribution in [0.4, 0.5) is 5.69 Å². The maximum atomic E-state index is 12.4. The molecule has 0 radical (unpaired) electrons. The van der Waals surface area contributed by atoms with Gasteiger partial charge in [0.15, 0.2) is 6.54 Å². The first-order chi connectivity index (χ1) is 13.6. The predicted octanol–water partition coefficient (Wildman–Crippen LogP) is 2.28.